The third-order valence-electron chi connectivity index (χ3n) is 2.23. The minimum atomic E-state index is -0.863. The van der Waals surface area contributed by atoms with Gasteiger partial charge in [-0.2, -0.15) is 5.10 Å². The van der Waals surface area contributed by atoms with Gasteiger partial charge in [-0.1, -0.05) is 29.8 Å². The molecule has 0 spiro atoms. The first-order valence-corrected chi connectivity index (χ1v) is 6.85. The van der Waals surface area contributed by atoms with Gasteiger partial charge in [0.2, 0.25) is 0 Å². The van der Waals surface area contributed by atoms with Crippen LogP contribution in [0, 0.1) is 0 Å². The van der Waals surface area contributed by atoms with Crippen molar-refractivity contribution in [3.63, 3.8) is 0 Å². The molecule has 0 unspecified atom stereocenters. The molecule has 2 rings (SSSR count). The van der Waals surface area contributed by atoms with E-state index < -0.39 is 11.8 Å². The van der Waals surface area contributed by atoms with Gasteiger partial charge in [0.1, 0.15) is 0 Å². The van der Waals surface area contributed by atoms with Crippen molar-refractivity contribution < 1.29 is 9.59 Å². The summed E-state index contributed by atoms with van der Waals surface area (Å²) >= 11 is 7.34. The van der Waals surface area contributed by atoms with Gasteiger partial charge >= 0.3 is 11.8 Å². The molecule has 1 aromatic carbocycles. The van der Waals surface area contributed by atoms with Crippen LogP contribution in [0.2, 0.25) is 5.02 Å². The van der Waals surface area contributed by atoms with Crippen LogP contribution in [0.3, 0.4) is 0 Å². The monoisotopic (exact) mass is 307 g/mol. The molecule has 0 atom stereocenters. The smallest absolute Gasteiger partial charge is 0.316 e. The molecule has 0 fully saturated rings. The molecule has 102 valence electrons. The molecule has 1 aromatic heterocycles. The number of para-hydroxylation sites is 1. The quantitative estimate of drug-likeness (QED) is 0.519. The number of carbonyl (C=O) groups excluding carboxylic acids is 2. The van der Waals surface area contributed by atoms with Crippen molar-refractivity contribution in [1.29, 1.82) is 0 Å². The molecule has 0 radical (unpaired) electrons. The zero-order valence-electron chi connectivity index (χ0n) is 10.2. The van der Waals surface area contributed by atoms with Gasteiger partial charge in [0, 0.05) is 4.88 Å². The first kappa shape index (κ1) is 14.2. The fraction of sp³-hybridized carbons (Fsp3) is 0. The molecule has 0 aliphatic rings. The van der Waals surface area contributed by atoms with Crippen LogP contribution in [-0.4, -0.2) is 18.0 Å². The summed E-state index contributed by atoms with van der Waals surface area (Å²) in [5.41, 5.74) is 2.51. The Balaban J connectivity index is 1.89. The molecule has 1 heterocycles. The van der Waals surface area contributed by atoms with Crippen LogP contribution in [0.25, 0.3) is 0 Å². The van der Waals surface area contributed by atoms with E-state index in [1.807, 2.05) is 17.5 Å². The number of amides is 2. The number of hydrogen-bond acceptors (Lipinski definition) is 4. The van der Waals surface area contributed by atoms with Crippen LogP contribution in [0.1, 0.15) is 4.88 Å². The summed E-state index contributed by atoms with van der Waals surface area (Å²) in [7, 11) is 0. The first-order chi connectivity index (χ1) is 9.66. The molecule has 7 heteroatoms. The van der Waals surface area contributed by atoms with Crippen molar-refractivity contribution >= 4 is 46.7 Å². The summed E-state index contributed by atoms with van der Waals surface area (Å²) in [6, 6.07) is 10.3. The predicted octanol–water partition coefficient (Wildman–Crippen LogP) is 2.49. The number of anilines is 1. The van der Waals surface area contributed by atoms with Crippen LogP contribution in [0.4, 0.5) is 5.69 Å². The molecular formula is C13H10ClN3O2S. The summed E-state index contributed by atoms with van der Waals surface area (Å²) < 4.78 is 0. The van der Waals surface area contributed by atoms with E-state index in [0.29, 0.717) is 10.7 Å². The highest BCUT2D eigenvalue weighted by Gasteiger charge is 2.13. The number of rotatable bonds is 3. The number of thiophene rings is 1. The van der Waals surface area contributed by atoms with E-state index in [1.54, 1.807) is 24.3 Å². The molecule has 2 aromatic rings. The van der Waals surface area contributed by atoms with Crippen LogP contribution >= 0.6 is 22.9 Å². The van der Waals surface area contributed by atoms with Crippen LogP contribution in [0.5, 0.6) is 0 Å². The van der Waals surface area contributed by atoms with Gasteiger partial charge in [-0.05, 0) is 23.6 Å². The maximum atomic E-state index is 11.6. The van der Waals surface area contributed by atoms with E-state index in [2.05, 4.69) is 15.8 Å². The molecule has 2 amide bonds. The van der Waals surface area contributed by atoms with Gasteiger partial charge in [-0.25, -0.2) is 5.43 Å². The highest BCUT2D eigenvalue weighted by molar-refractivity contribution is 7.11. The maximum absolute atomic E-state index is 11.6. The van der Waals surface area contributed by atoms with E-state index in [0.717, 1.165) is 4.88 Å². The fourth-order valence-corrected chi connectivity index (χ4v) is 2.08. The zero-order valence-corrected chi connectivity index (χ0v) is 11.7. The number of hydrogen-bond donors (Lipinski definition) is 2. The molecule has 0 bridgehead atoms. The predicted molar refractivity (Wildman–Crippen MR) is 80.1 cm³/mol. The van der Waals surface area contributed by atoms with Gasteiger partial charge in [0.25, 0.3) is 0 Å². The SMILES string of the molecule is O=C(N/N=C\c1cccs1)C(=O)Nc1ccccc1Cl. The van der Waals surface area contributed by atoms with E-state index in [1.165, 1.54) is 17.6 Å². The Labute approximate surface area is 124 Å². The van der Waals surface area contributed by atoms with Gasteiger partial charge in [-0.3, -0.25) is 9.59 Å². The van der Waals surface area contributed by atoms with E-state index >= 15 is 0 Å². The van der Waals surface area contributed by atoms with Crippen molar-refractivity contribution in [2.24, 2.45) is 5.10 Å². The number of hydrazone groups is 1. The number of halogens is 1. The van der Waals surface area contributed by atoms with Crippen molar-refractivity contribution in [1.82, 2.24) is 5.43 Å². The highest BCUT2D eigenvalue weighted by atomic mass is 35.5. The van der Waals surface area contributed by atoms with Crippen LogP contribution in [-0.2, 0) is 9.59 Å². The summed E-state index contributed by atoms with van der Waals surface area (Å²) in [6.45, 7) is 0. The van der Waals surface area contributed by atoms with Gasteiger partial charge in [0.15, 0.2) is 0 Å². The van der Waals surface area contributed by atoms with Crippen molar-refractivity contribution in [3.05, 3.63) is 51.7 Å². The largest absolute Gasteiger partial charge is 0.329 e. The van der Waals surface area contributed by atoms with E-state index in [4.69, 9.17) is 11.6 Å². The molecule has 5 nitrogen and oxygen atoms in total. The van der Waals surface area contributed by atoms with Gasteiger partial charge in [0.05, 0.1) is 16.9 Å². The van der Waals surface area contributed by atoms with Gasteiger partial charge < -0.3 is 5.32 Å². The number of nitrogens with one attached hydrogen (secondary N) is 2. The molecular weight excluding hydrogens is 298 g/mol. The molecule has 2 N–H and O–H groups in total. The van der Waals surface area contributed by atoms with E-state index in [-0.39, 0.29) is 0 Å². The topological polar surface area (TPSA) is 70.6 Å². The van der Waals surface area contributed by atoms with Crippen LogP contribution < -0.4 is 10.7 Å². The fourth-order valence-electron chi connectivity index (χ4n) is 1.31. The lowest BCUT2D eigenvalue weighted by molar-refractivity contribution is -0.136. The highest BCUT2D eigenvalue weighted by Crippen LogP contribution is 2.20. The Kier molecular flexibility index (Phi) is 4.86. The summed E-state index contributed by atoms with van der Waals surface area (Å²) in [5, 5.41) is 8.33. The summed E-state index contributed by atoms with van der Waals surface area (Å²) in [6.07, 6.45) is 1.46. The average Bonchev–Trinajstić information content (AvgIpc) is 2.94. The Hall–Kier alpha value is -2.18. The third kappa shape index (κ3) is 3.91. The second kappa shape index (κ2) is 6.83. The summed E-state index contributed by atoms with van der Waals surface area (Å²) in [4.78, 5) is 24.0. The number of carbonyl (C=O) groups is 2. The molecule has 0 aliphatic carbocycles. The first-order valence-electron chi connectivity index (χ1n) is 5.59. The Morgan fingerprint density at radius 3 is 2.65 bits per heavy atom. The maximum Gasteiger partial charge on any atom is 0.329 e. The number of nitrogens with zero attached hydrogens (tertiary/aromatic N) is 1. The molecule has 0 aliphatic heterocycles. The summed E-state index contributed by atoms with van der Waals surface area (Å²) in [5.74, 6) is -1.70. The molecule has 0 saturated carbocycles. The van der Waals surface area contributed by atoms with Crippen molar-refractivity contribution in [2.75, 3.05) is 5.32 Å². The standard InChI is InChI=1S/C13H10ClN3O2S/c14-10-5-1-2-6-11(10)16-12(18)13(19)17-15-8-9-4-3-7-20-9/h1-8H,(H,16,18)(H,17,19)/b15-8-. The minimum absolute atomic E-state index is 0.357. The normalized spacial score (nSPS) is 10.4. The second-order valence-electron chi connectivity index (χ2n) is 3.65. The molecule has 0 saturated heterocycles. The van der Waals surface area contributed by atoms with E-state index in [9.17, 15) is 9.59 Å². The Morgan fingerprint density at radius 2 is 1.95 bits per heavy atom. The van der Waals surface area contributed by atoms with Crippen molar-refractivity contribution in [3.8, 4) is 0 Å². The number of benzene rings is 1. The third-order valence-corrected chi connectivity index (χ3v) is 3.37. The van der Waals surface area contributed by atoms with Crippen molar-refractivity contribution in [2.45, 2.75) is 0 Å². The lowest BCUT2D eigenvalue weighted by atomic mass is 10.3. The van der Waals surface area contributed by atoms with Gasteiger partial charge in [-0.15, -0.1) is 11.3 Å². The molecule has 20 heavy (non-hydrogen) atoms. The average molecular weight is 308 g/mol. The second-order valence-corrected chi connectivity index (χ2v) is 5.03. The Bertz CT molecular complexity index is 641. The lowest BCUT2D eigenvalue weighted by Crippen LogP contribution is -2.32. The minimum Gasteiger partial charge on any atom is -0.316 e. The Morgan fingerprint density at radius 1 is 1.15 bits per heavy atom. The zero-order chi connectivity index (χ0) is 14.4. The lowest BCUT2D eigenvalue weighted by Gasteiger charge is -2.05. The van der Waals surface area contributed by atoms with Crippen LogP contribution in [0.15, 0.2) is 46.9 Å².